The molecule has 0 aromatic heterocycles. The fraction of sp³-hybridized carbons (Fsp3) is 0.889. The molecule has 1 rings (SSSR count). The lowest BCUT2D eigenvalue weighted by Gasteiger charge is -2.32. The number of aliphatic hydroxyl groups is 1. The van der Waals surface area contributed by atoms with Gasteiger partial charge < -0.3 is 15.5 Å². The van der Waals surface area contributed by atoms with Gasteiger partial charge in [0.15, 0.2) is 0 Å². The molecular formula is C9H17NO3. The molecule has 0 saturated heterocycles. The molecule has 0 aliphatic heterocycles. The summed E-state index contributed by atoms with van der Waals surface area (Å²) in [6.45, 7) is 2.36. The number of amides is 1. The van der Waals surface area contributed by atoms with E-state index in [1.165, 1.54) is 0 Å². The third kappa shape index (κ3) is 3.63. The van der Waals surface area contributed by atoms with Gasteiger partial charge in [-0.2, -0.15) is 0 Å². The van der Waals surface area contributed by atoms with E-state index >= 15 is 0 Å². The molecule has 0 aromatic carbocycles. The molecule has 76 valence electrons. The lowest BCUT2D eigenvalue weighted by molar-refractivity contribution is 0.00841. The summed E-state index contributed by atoms with van der Waals surface area (Å²) in [5.74, 6) is 0.399. The monoisotopic (exact) mass is 187 g/mol. The minimum Gasteiger partial charge on any atom is -0.465 e. The summed E-state index contributed by atoms with van der Waals surface area (Å²) < 4.78 is 0. The average Bonchev–Trinajstić information content (AvgIpc) is 2.02. The van der Waals surface area contributed by atoms with E-state index in [1.807, 2.05) is 6.92 Å². The number of hydrogen-bond donors (Lipinski definition) is 3. The maximum atomic E-state index is 10.2. The molecular weight excluding hydrogens is 170 g/mol. The molecule has 0 aromatic rings. The van der Waals surface area contributed by atoms with Crippen molar-refractivity contribution in [1.29, 1.82) is 0 Å². The SMILES string of the molecule is CC1(O)CCC(CNC(=O)O)CC1. The van der Waals surface area contributed by atoms with E-state index in [9.17, 15) is 9.90 Å². The zero-order chi connectivity index (χ0) is 9.90. The summed E-state index contributed by atoms with van der Waals surface area (Å²) in [5.41, 5.74) is -0.528. The molecule has 0 radical (unpaired) electrons. The van der Waals surface area contributed by atoms with Crippen LogP contribution in [0.15, 0.2) is 0 Å². The van der Waals surface area contributed by atoms with Crippen LogP contribution in [0.4, 0.5) is 4.79 Å². The maximum absolute atomic E-state index is 10.2. The van der Waals surface area contributed by atoms with Gasteiger partial charge in [0.1, 0.15) is 0 Å². The van der Waals surface area contributed by atoms with Crippen molar-refractivity contribution in [2.45, 2.75) is 38.2 Å². The Labute approximate surface area is 78.0 Å². The lowest BCUT2D eigenvalue weighted by atomic mass is 9.80. The average molecular weight is 187 g/mol. The fourth-order valence-electron chi connectivity index (χ4n) is 1.74. The van der Waals surface area contributed by atoms with E-state index in [4.69, 9.17) is 5.11 Å². The van der Waals surface area contributed by atoms with Gasteiger partial charge >= 0.3 is 6.09 Å². The van der Waals surface area contributed by atoms with Crippen LogP contribution in [0.5, 0.6) is 0 Å². The summed E-state index contributed by atoms with van der Waals surface area (Å²) >= 11 is 0. The Balaban J connectivity index is 2.21. The number of hydrogen-bond acceptors (Lipinski definition) is 2. The minimum atomic E-state index is -0.961. The summed E-state index contributed by atoms with van der Waals surface area (Å²) in [6.07, 6.45) is 2.41. The van der Waals surface area contributed by atoms with Crippen molar-refractivity contribution in [2.75, 3.05) is 6.54 Å². The van der Waals surface area contributed by atoms with E-state index in [1.54, 1.807) is 0 Å². The first-order valence-electron chi connectivity index (χ1n) is 4.69. The number of carboxylic acid groups (broad SMARTS) is 1. The summed E-state index contributed by atoms with van der Waals surface area (Å²) in [5, 5.41) is 20.4. The third-order valence-electron chi connectivity index (χ3n) is 2.72. The van der Waals surface area contributed by atoms with Crippen LogP contribution >= 0.6 is 0 Å². The molecule has 0 spiro atoms. The van der Waals surface area contributed by atoms with Gasteiger partial charge in [0.2, 0.25) is 0 Å². The second-order valence-electron chi connectivity index (χ2n) is 4.13. The molecule has 3 N–H and O–H groups in total. The van der Waals surface area contributed by atoms with Crippen LogP contribution < -0.4 is 5.32 Å². The van der Waals surface area contributed by atoms with Crippen LogP contribution in [0.3, 0.4) is 0 Å². The highest BCUT2D eigenvalue weighted by molar-refractivity contribution is 5.64. The molecule has 4 nitrogen and oxygen atoms in total. The molecule has 0 heterocycles. The largest absolute Gasteiger partial charge is 0.465 e. The van der Waals surface area contributed by atoms with Gasteiger partial charge in [-0.25, -0.2) is 4.79 Å². The molecule has 4 heteroatoms. The van der Waals surface area contributed by atoms with E-state index in [-0.39, 0.29) is 0 Å². The van der Waals surface area contributed by atoms with Crippen molar-refractivity contribution in [3.05, 3.63) is 0 Å². The Morgan fingerprint density at radius 2 is 2.08 bits per heavy atom. The van der Waals surface area contributed by atoms with Crippen LogP contribution in [0.1, 0.15) is 32.6 Å². The van der Waals surface area contributed by atoms with Crippen molar-refractivity contribution in [3.63, 3.8) is 0 Å². The molecule has 1 aliphatic carbocycles. The standard InChI is InChI=1S/C9H17NO3/c1-9(13)4-2-7(3-5-9)6-10-8(11)12/h7,10,13H,2-6H2,1H3,(H,11,12). The van der Waals surface area contributed by atoms with Gasteiger partial charge in [0, 0.05) is 6.54 Å². The molecule has 1 aliphatic rings. The van der Waals surface area contributed by atoms with E-state index < -0.39 is 11.7 Å². The minimum absolute atomic E-state index is 0.399. The van der Waals surface area contributed by atoms with Crippen molar-refractivity contribution < 1.29 is 15.0 Å². The fourth-order valence-corrected chi connectivity index (χ4v) is 1.74. The predicted molar refractivity (Wildman–Crippen MR) is 48.6 cm³/mol. The number of carbonyl (C=O) groups is 1. The zero-order valence-corrected chi connectivity index (χ0v) is 7.92. The van der Waals surface area contributed by atoms with Gasteiger partial charge in [-0.05, 0) is 38.5 Å². The molecule has 1 fully saturated rings. The molecule has 1 saturated carbocycles. The quantitative estimate of drug-likeness (QED) is 0.608. The smallest absolute Gasteiger partial charge is 0.404 e. The topological polar surface area (TPSA) is 69.6 Å². The Kier molecular flexibility index (Phi) is 3.14. The van der Waals surface area contributed by atoms with Crippen LogP contribution in [0.25, 0.3) is 0 Å². The Bertz CT molecular complexity index is 181. The zero-order valence-electron chi connectivity index (χ0n) is 7.92. The summed E-state index contributed by atoms with van der Waals surface area (Å²) in [4.78, 5) is 10.2. The molecule has 0 atom stereocenters. The first kappa shape index (κ1) is 10.3. The van der Waals surface area contributed by atoms with E-state index in [2.05, 4.69) is 5.32 Å². The molecule has 0 unspecified atom stereocenters. The summed E-state index contributed by atoms with van der Waals surface area (Å²) in [7, 11) is 0. The molecule has 0 bridgehead atoms. The highest BCUT2D eigenvalue weighted by Crippen LogP contribution is 2.30. The third-order valence-corrected chi connectivity index (χ3v) is 2.72. The summed E-state index contributed by atoms with van der Waals surface area (Å²) in [6, 6.07) is 0. The number of nitrogens with one attached hydrogen (secondary N) is 1. The maximum Gasteiger partial charge on any atom is 0.404 e. The second kappa shape index (κ2) is 3.96. The van der Waals surface area contributed by atoms with Crippen molar-refractivity contribution in [3.8, 4) is 0 Å². The van der Waals surface area contributed by atoms with E-state index in [0.717, 1.165) is 25.7 Å². The number of rotatable bonds is 2. The van der Waals surface area contributed by atoms with Gasteiger partial charge in [0.25, 0.3) is 0 Å². The van der Waals surface area contributed by atoms with Crippen LogP contribution in [0, 0.1) is 5.92 Å². The van der Waals surface area contributed by atoms with Crippen LogP contribution in [0.2, 0.25) is 0 Å². The molecule has 13 heavy (non-hydrogen) atoms. The van der Waals surface area contributed by atoms with Crippen molar-refractivity contribution in [2.24, 2.45) is 5.92 Å². The second-order valence-corrected chi connectivity index (χ2v) is 4.13. The first-order valence-corrected chi connectivity index (χ1v) is 4.69. The van der Waals surface area contributed by atoms with Crippen LogP contribution in [-0.4, -0.2) is 28.5 Å². The van der Waals surface area contributed by atoms with Gasteiger partial charge in [0.05, 0.1) is 5.60 Å². The van der Waals surface area contributed by atoms with Gasteiger partial charge in [-0.3, -0.25) is 0 Å². The highest BCUT2D eigenvalue weighted by Gasteiger charge is 2.28. The van der Waals surface area contributed by atoms with Gasteiger partial charge in [-0.15, -0.1) is 0 Å². The predicted octanol–water partition coefficient (Wildman–Crippen LogP) is 1.20. The Hall–Kier alpha value is -0.770. The Morgan fingerprint density at radius 3 is 2.54 bits per heavy atom. The normalized spacial score (nSPS) is 34.2. The lowest BCUT2D eigenvalue weighted by Crippen LogP contribution is -2.35. The first-order chi connectivity index (χ1) is 5.99. The van der Waals surface area contributed by atoms with Crippen molar-refractivity contribution in [1.82, 2.24) is 5.32 Å². The van der Waals surface area contributed by atoms with Crippen molar-refractivity contribution >= 4 is 6.09 Å². The van der Waals surface area contributed by atoms with E-state index in [0.29, 0.717) is 12.5 Å². The van der Waals surface area contributed by atoms with Crippen LogP contribution in [-0.2, 0) is 0 Å². The van der Waals surface area contributed by atoms with Gasteiger partial charge in [-0.1, -0.05) is 0 Å². The molecule has 1 amide bonds. The Morgan fingerprint density at radius 1 is 1.54 bits per heavy atom. The highest BCUT2D eigenvalue weighted by atomic mass is 16.4.